The molecule has 3 rings (SSSR count). The molecule has 0 aliphatic carbocycles. The smallest absolute Gasteiger partial charge is 0.272 e. The Hall–Kier alpha value is -2.90. The molecule has 132 valence electrons. The van der Waals surface area contributed by atoms with Gasteiger partial charge in [0.25, 0.3) is 5.91 Å². The van der Waals surface area contributed by atoms with Gasteiger partial charge in [-0.1, -0.05) is 6.92 Å². The van der Waals surface area contributed by atoms with Gasteiger partial charge in [0.15, 0.2) is 0 Å². The summed E-state index contributed by atoms with van der Waals surface area (Å²) in [5, 5.41) is 14.5. The van der Waals surface area contributed by atoms with Gasteiger partial charge in [0.05, 0.1) is 24.3 Å². The van der Waals surface area contributed by atoms with E-state index in [1.165, 1.54) is 0 Å². The topological polar surface area (TPSA) is 93.4 Å². The molecule has 8 heteroatoms. The Labute approximate surface area is 146 Å². The highest BCUT2D eigenvalue weighted by atomic mass is 16.2. The summed E-state index contributed by atoms with van der Waals surface area (Å²) in [5.74, 6) is -0.178. The quantitative estimate of drug-likeness (QED) is 0.684. The van der Waals surface area contributed by atoms with Gasteiger partial charge in [-0.3, -0.25) is 14.6 Å². The maximum atomic E-state index is 12.4. The zero-order valence-electron chi connectivity index (χ0n) is 14.7. The molecule has 0 saturated heterocycles. The minimum Gasteiger partial charge on any atom is -0.346 e. The molecule has 1 amide bonds. The number of rotatable bonds is 7. The van der Waals surface area contributed by atoms with E-state index in [4.69, 9.17) is 0 Å². The summed E-state index contributed by atoms with van der Waals surface area (Å²) in [6.07, 6.45) is 6.19. The standard InChI is InChI=1S/C17H23N7O/c1-4-14(9-23-6-5-18-11-23)19-17(25)16-8-15(20-21-16)10-24-13(3)7-12(2)22-24/h5-8,11,14H,4,9-10H2,1-3H3,(H,19,25)(H,20,21)/t14-/m0/s1. The molecule has 0 radical (unpaired) electrons. The van der Waals surface area contributed by atoms with E-state index in [1.54, 1.807) is 18.6 Å². The van der Waals surface area contributed by atoms with Crippen LogP contribution in [0.2, 0.25) is 0 Å². The Kier molecular flexibility index (Phi) is 4.97. The van der Waals surface area contributed by atoms with E-state index in [2.05, 4.69) is 25.6 Å². The third kappa shape index (κ3) is 4.14. The lowest BCUT2D eigenvalue weighted by Gasteiger charge is -2.16. The first-order valence-electron chi connectivity index (χ1n) is 8.37. The van der Waals surface area contributed by atoms with Crippen LogP contribution in [0.4, 0.5) is 0 Å². The summed E-state index contributed by atoms with van der Waals surface area (Å²) in [4.78, 5) is 16.5. The number of carbonyl (C=O) groups excluding carboxylic acids is 1. The number of aryl methyl sites for hydroxylation is 2. The van der Waals surface area contributed by atoms with Crippen molar-refractivity contribution in [2.24, 2.45) is 0 Å². The van der Waals surface area contributed by atoms with Gasteiger partial charge in [0.2, 0.25) is 0 Å². The lowest BCUT2D eigenvalue weighted by atomic mass is 10.2. The van der Waals surface area contributed by atoms with Crippen LogP contribution in [0.3, 0.4) is 0 Å². The number of H-pyrrole nitrogens is 1. The maximum absolute atomic E-state index is 12.4. The third-order valence-corrected chi connectivity index (χ3v) is 4.11. The molecule has 0 aromatic carbocycles. The van der Waals surface area contributed by atoms with Crippen molar-refractivity contribution in [1.82, 2.24) is 34.8 Å². The molecular weight excluding hydrogens is 318 g/mol. The minimum atomic E-state index is -0.178. The Balaban J connectivity index is 1.62. The monoisotopic (exact) mass is 341 g/mol. The van der Waals surface area contributed by atoms with Crippen LogP contribution in [-0.4, -0.2) is 41.5 Å². The molecule has 0 spiro atoms. The molecule has 3 aromatic heterocycles. The van der Waals surface area contributed by atoms with E-state index < -0.39 is 0 Å². The zero-order valence-corrected chi connectivity index (χ0v) is 14.7. The van der Waals surface area contributed by atoms with Gasteiger partial charge in [0, 0.05) is 30.7 Å². The number of nitrogens with zero attached hydrogens (tertiary/aromatic N) is 5. The second kappa shape index (κ2) is 7.33. The molecule has 3 heterocycles. The van der Waals surface area contributed by atoms with Crippen LogP contribution in [0.1, 0.15) is 40.9 Å². The molecule has 0 aliphatic heterocycles. The molecule has 0 bridgehead atoms. The van der Waals surface area contributed by atoms with Crippen molar-refractivity contribution in [1.29, 1.82) is 0 Å². The largest absolute Gasteiger partial charge is 0.346 e. The molecule has 25 heavy (non-hydrogen) atoms. The van der Waals surface area contributed by atoms with E-state index in [9.17, 15) is 4.79 Å². The highest BCUT2D eigenvalue weighted by Crippen LogP contribution is 2.07. The van der Waals surface area contributed by atoms with Crippen LogP contribution in [0.5, 0.6) is 0 Å². The lowest BCUT2D eigenvalue weighted by Crippen LogP contribution is -2.37. The molecule has 0 aliphatic rings. The molecule has 0 fully saturated rings. The number of amides is 1. The first kappa shape index (κ1) is 16.9. The predicted octanol–water partition coefficient (Wildman–Crippen LogP) is 1.68. The summed E-state index contributed by atoms with van der Waals surface area (Å²) in [7, 11) is 0. The summed E-state index contributed by atoms with van der Waals surface area (Å²) in [6, 6.07) is 3.82. The van der Waals surface area contributed by atoms with E-state index in [-0.39, 0.29) is 11.9 Å². The summed E-state index contributed by atoms with van der Waals surface area (Å²) < 4.78 is 3.84. The second-order valence-electron chi connectivity index (χ2n) is 6.20. The van der Waals surface area contributed by atoms with Gasteiger partial charge < -0.3 is 9.88 Å². The van der Waals surface area contributed by atoms with Crippen molar-refractivity contribution in [3.63, 3.8) is 0 Å². The van der Waals surface area contributed by atoms with Crippen molar-refractivity contribution in [2.45, 2.75) is 46.3 Å². The van der Waals surface area contributed by atoms with Gasteiger partial charge in [-0.2, -0.15) is 10.2 Å². The van der Waals surface area contributed by atoms with Crippen LogP contribution >= 0.6 is 0 Å². The van der Waals surface area contributed by atoms with Crippen molar-refractivity contribution in [2.75, 3.05) is 0 Å². The van der Waals surface area contributed by atoms with Gasteiger partial charge in [0.1, 0.15) is 5.69 Å². The molecule has 2 N–H and O–H groups in total. The second-order valence-corrected chi connectivity index (χ2v) is 6.20. The fourth-order valence-corrected chi connectivity index (χ4v) is 2.74. The summed E-state index contributed by atoms with van der Waals surface area (Å²) >= 11 is 0. The van der Waals surface area contributed by atoms with Crippen molar-refractivity contribution in [3.8, 4) is 0 Å². The van der Waals surface area contributed by atoms with Gasteiger partial charge >= 0.3 is 0 Å². The van der Waals surface area contributed by atoms with Crippen molar-refractivity contribution in [3.05, 3.63) is 53.6 Å². The number of nitrogens with one attached hydrogen (secondary N) is 2. The van der Waals surface area contributed by atoms with E-state index in [0.717, 1.165) is 23.5 Å². The van der Waals surface area contributed by atoms with E-state index >= 15 is 0 Å². The summed E-state index contributed by atoms with van der Waals surface area (Å²) in [5.41, 5.74) is 3.28. The highest BCUT2D eigenvalue weighted by molar-refractivity contribution is 5.92. The Morgan fingerprint density at radius 3 is 2.84 bits per heavy atom. The number of hydrogen-bond acceptors (Lipinski definition) is 4. The fraction of sp³-hybridized carbons (Fsp3) is 0.412. The number of aromatic amines is 1. The van der Waals surface area contributed by atoms with Gasteiger partial charge in [-0.05, 0) is 32.4 Å². The number of imidazole rings is 1. The van der Waals surface area contributed by atoms with Gasteiger partial charge in [-0.15, -0.1) is 0 Å². The normalized spacial score (nSPS) is 12.3. The predicted molar refractivity (Wildman–Crippen MR) is 93.2 cm³/mol. The average molecular weight is 341 g/mol. The van der Waals surface area contributed by atoms with Gasteiger partial charge in [-0.25, -0.2) is 4.98 Å². The molecule has 3 aromatic rings. The van der Waals surface area contributed by atoms with Crippen molar-refractivity contribution < 1.29 is 4.79 Å². The fourth-order valence-electron chi connectivity index (χ4n) is 2.74. The van der Waals surface area contributed by atoms with Crippen LogP contribution in [0, 0.1) is 13.8 Å². The first-order chi connectivity index (χ1) is 12.0. The molecule has 1 atom stereocenters. The minimum absolute atomic E-state index is 0.0258. The number of hydrogen-bond donors (Lipinski definition) is 2. The van der Waals surface area contributed by atoms with E-state index in [0.29, 0.717) is 18.8 Å². The molecular formula is C17H23N7O. The van der Waals surface area contributed by atoms with Crippen LogP contribution in [-0.2, 0) is 13.1 Å². The van der Waals surface area contributed by atoms with Crippen LogP contribution in [0.15, 0.2) is 30.9 Å². The third-order valence-electron chi connectivity index (χ3n) is 4.11. The first-order valence-corrected chi connectivity index (χ1v) is 8.37. The molecule has 0 unspecified atom stereocenters. The number of carbonyl (C=O) groups is 1. The van der Waals surface area contributed by atoms with Crippen LogP contribution in [0.25, 0.3) is 0 Å². The highest BCUT2D eigenvalue weighted by Gasteiger charge is 2.16. The average Bonchev–Trinajstić information content (AvgIpc) is 3.30. The van der Waals surface area contributed by atoms with E-state index in [1.807, 2.05) is 42.3 Å². The molecule has 0 saturated carbocycles. The SMILES string of the molecule is CC[C@@H](Cn1ccnc1)NC(=O)c1cc(Cn2nc(C)cc2C)[nH]n1. The summed E-state index contributed by atoms with van der Waals surface area (Å²) in [6.45, 7) is 7.25. The van der Waals surface area contributed by atoms with Crippen LogP contribution < -0.4 is 5.32 Å². The lowest BCUT2D eigenvalue weighted by molar-refractivity contribution is 0.0926. The zero-order chi connectivity index (χ0) is 17.8. The Bertz CT molecular complexity index is 831. The Morgan fingerprint density at radius 1 is 1.36 bits per heavy atom. The van der Waals surface area contributed by atoms with Crippen molar-refractivity contribution >= 4 is 5.91 Å². The number of aromatic nitrogens is 6. The molecule has 8 nitrogen and oxygen atoms in total. The maximum Gasteiger partial charge on any atom is 0.272 e. The Morgan fingerprint density at radius 2 is 2.20 bits per heavy atom.